The maximum Gasteiger partial charge on any atom is 0.226 e. The summed E-state index contributed by atoms with van der Waals surface area (Å²) in [4.78, 5) is 22.2. The molecule has 0 bridgehead atoms. The van der Waals surface area contributed by atoms with E-state index in [1.165, 1.54) is 11.3 Å². The molecule has 0 radical (unpaired) electrons. The van der Waals surface area contributed by atoms with E-state index in [2.05, 4.69) is 22.0 Å². The molecule has 1 spiro atoms. The van der Waals surface area contributed by atoms with Gasteiger partial charge in [0.15, 0.2) is 10.9 Å². The number of rotatable bonds is 3. The van der Waals surface area contributed by atoms with E-state index in [9.17, 15) is 4.79 Å². The summed E-state index contributed by atoms with van der Waals surface area (Å²) in [6.07, 6.45) is 3.20. The van der Waals surface area contributed by atoms with E-state index in [1.54, 1.807) is 0 Å². The van der Waals surface area contributed by atoms with E-state index in [4.69, 9.17) is 10.5 Å². The Morgan fingerprint density at radius 3 is 2.96 bits per heavy atom. The van der Waals surface area contributed by atoms with Gasteiger partial charge in [0.25, 0.3) is 0 Å². The van der Waals surface area contributed by atoms with Gasteiger partial charge in [-0.05, 0) is 5.56 Å². The van der Waals surface area contributed by atoms with Crippen molar-refractivity contribution in [3.8, 4) is 0 Å². The summed E-state index contributed by atoms with van der Waals surface area (Å²) in [5.41, 5.74) is 6.43. The second-order valence-corrected chi connectivity index (χ2v) is 8.12. The number of nitrogen functional groups attached to an aromatic ring is 1. The summed E-state index contributed by atoms with van der Waals surface area (Å²) in [5.74, 6) is 0.206. The molecule has 3 saturated heterocycles. The van der Waals surface area contributed by atoms with E-state index in [1.807, 2.05) is 29.3 Å². The Balaban J connectivity index is 1.41. The molecule has 3 fully saturated rings. The number of carbonyl (C=O) groups is 1. The summed E-state index contributed by atoms with van der Waals surface area (Å²) in [6, 6.07) is 10.3. The van der Waals surface area contributed by atoms with Crippen molar-refractivity contribution < 1.29 is 9.53 Å². The van der Waals surface area contributed by atoms with Gasteiger partial charge in [0.1, 0.15) is 6.10 Å². The molecule has 0 unspecified atom stereocenters. The van der Waals surface area contributed by atoms with Gasteiger partial charge >= 0.3 is 0 Å². The van der Waals surface area contributed by atoms with Gasteiger partial charge in [-0.2, -0.15) is 0 Å². The number of carbonyl (C=O) groups excluding carboxylic acids is 1. The highest BCUT2D eigenvalue weighted by Gasteiger charge is 2.63. The predicted molar refractivity (Wildman–Crippen MR) is 94.7 cm³/mol. The number of thiazole rings is 1. The minimum absolute atomic E-state index is 0.0352. The van der Waals surface area contributed by atoms with Crippen LogP contribution in [0.15, 0.2) is 36.5 Å². The third kappa shape index (κ3) is 2.30. The average Bonchev–Trinajstić information content (AvgIpc) is 3.33. The van der Waals surface area contributed by atoms with Crippen molar-refractivity contribution in [1.29, 1.82) is 0 Å². The second-order valence-electron chi connectivity index (χ2n) is 6.97. The summed E-state index contributed by atoms with van der Waals surface area (Å²) in [5, 5.41) is 0.592. The van der Waals surface area contributed by atoms with E-state index < -0.39 is 5.72 Å². The van der Waals surface area contributed by atoms with Crippen LogP contribution in [0, 0.1) is 0 Å². The number of nitrogens with zero attached hydrogens (tertiary/aromatic N) is 3. The Morgan fingerprint density at radius 1 is 1.36 bits per heavy atom. The lowest BCUT2D eigenvalue weighted by molar-refractivity contribution is -0.138. The largest absolute Gasteiger partial charge is 0.375 e. The van der Waals surface area contributed by atoms with Crippen molar-refractivity contribution in [3.05, 3.63) is 47.0 Å². The summed E-state index contributed by atoms with van der Waals surface area (Å²) >= 11 is 1.52. The highest BCUT2D eigenvalue weighted by molar-refractivity contribution is 7.15. The van der Waals surface area contributed by atoms with Gasteiger partial charge in [-0.15, -0.1) is 11.3 Å². The molecule has 0 aliphatic carbocycles. The quantitative estimate of drug-likeness (QED) is 0.911. The lowest BCUT2D eigenvalue weighted by Crippen LogP contribution is -2.47. The first-order chi connectivity index (χ1) is 12.2. The highest BCUT2D eigenvalue weighted by Crippen LogP contribution is 2.50. The Labute approximate surface area is 150 Å². The zero-order chi connectivity index (χ0) is 17.0. The predicted octanol–water partition coefficient (Wildman–Crippen LogP) is 2.00. The maximum atomic E-state index is 12.6. The van der Waals surface area contributed by atoms with E-state index in [0.29, 0.717) is 18.1 Å². The van der Waals surface area contributed by atoms with Crippen LogP contribution in [0.1, 0.15) is 29.4 Å². The number of anilines is 1. The first-order valence-corrected chi connectivity index (χ1v) is 9.45. The molecular formula is C18H20N4O2S. The normalized spacial score (nSPS) is 31.5. The van der Waals surface area contributed by atoms with Gasteiger partial charge in [0.2, 0.25) is 5.91 Å². The number of hydrogen-bond acceptors (Lipinski definition) is 6. The molecule has 1 aromatic carbocycles. The Kier molecular flexibility index (Phi) is 3.38. The van der Waals surface area contributed by atoms with Gasteiger partial charge in [-0.25, -0.2) is 4.98 Å². The molecule has 25 heavy (non-hydrogen) atoms. The highest BCUT2D eigenvalue weighted by atomic mass is 32.1. The zero-order valence-electron chi connectivity index (χ0n) is 13.8. The molecule has 3 atom stereocenters. The number of hydrogen-bond donors (Lipinski definition) is 1. The molecule has 2 N–H and O–H groups in total. The molecule has 0 saturated carbocycles. The fraction of sp³-hybridized carbons (Fsp3) is 0.444. The van der Waals surface area contributed by atoms with Crippen molar-refractivity contribution in [1.82, 2.24) is 14.8 Å². The van der Waals surface area contributed by atoms with Gasteiger partial charge in [-0.3, -0.25) is 9.69 Å². The number of likely N-dealkylation sites (tertiary alicyclic amines) is 1. The van der Waals surface area contributed by atoms with Crippen LogP contribution in [-0.4, -0.2) is 45.5 Å². The zero-order valence-corrected chi connectivity index (χ0v) is 14.6. The molecule has 3 aliphatic rings. The van der Waals surface area contributed by atoms with Crippen LogP contribution < -0.4 is 5.73 Å². The van der Waals surface area contributed by atoms with Crippen LogP contribution in [0.3, 0.4) is 0 Å². The molecule has 1 aromatic heterocycles. The maximum absolute atomic E-state index is 12.6. The molecule has 1 amide bonds. The number of nitrogens with two attached hydrogens (primary N) is 1. The number of ether oxygens (including phenoxy) is 1. The lowest BCUT2D eigenvalue weighted by atomic mass is 10.1. The van der Waals surface area contributed by atoms with Crippen LogP contribution in [0.5, 0.6) is 0 Å². The molecule has 5 rings (SSSR count). The molecule has 6 nitrogen and oxygen atoms in total. The minimum atomic E-state index is -0.464. The fourth-order valence-electron chi connectivity index (χ4n) is 4.53. The van der Waals surface area contributed by atoms with Crippen LogP contribution >= 0.6 is 11.3 Å². The second kappa shape index (κ2) is 5.52. The van der Waals surface area contributed by atoms with Crippen molar-refractivity contribution >= 4 is 22.4 Å². The average molecular weight is 356 g/mol. The van der Waals surface area contributed by atoms with Crippen LogP contribution in [0.25, 0.3) is 0 Å². The third-order valence-electron chi connectivity index (χ3n) is 5.64. The standard InChI is InChI=1S/C18H20N4O2S/c19-17-20-9-13(25-17)10-21-7-6-18-15(21)8-16(23)22(18)11-14(24-18)12-4-2-1-3-5-12/h1-5,9,14-15H,6-8,10-11H2,(H2,19,20)/t14-,15-,18+/m1/s1. The molecule has 130 valence electrons. The minimum Gasteiger partial charge on any atom is -0.375 e. The number of aromatic nitrogens is 1. The van der Waals surface area contributed by atoms with Crippen molar-refractivity contribution in [3.63, 3.8) is 0 Å². The van der Waals surface area contributed by atoms with Crippen molar-refractivity contribution in [2.45, 2.75) is 37.3 Å². The first kappa shape index (κ1) is 15.3. The van der Waals surface area contributed by atoms with Crippen molar-refractivity contribution in [2.24, 2.45) is 0 Å². The van der Waals surface area contributed by atoms with Gasteiger partial charge in [0, 0.05) is 37.0 Å². The Morgan fingerprint density at radius 2 is 2.20 bits per heavy atom. The van der Waals surface area contributed by atoms with Gasteiger partial charge in [0.05, 0.1) is 12.6 Å². The van der Waals surface area contributed by atoms with E-state index in [0.717, 1.165) is 30.0 Å². The van der Waals surface area contributed by atoms with Crippen LogP contribution in [0.4, 0.5) is 5.13 Å². The molecule has 3 aliphatic heterocycles. The summed E-state index contributed by atoms with van der Waals surface area (Å²) in [7, 11) is 0. The first-order valence-electron chi connectivity index (χ1n) is 8.63. The molecule has 2 aromatic rings. The number of amides is 1. The fourth-order valence-corrected chi connectivity index (χ4v) is 5.24. The van der Waals surface area contributed by atoms with Crippen LogP contribution in [0.2, 0.25) is 0 Å². The molecule has 7 heteroatoms. The third-order valence-corrected chi connectivity index (χ3v) is 6.45. The topological polar surface area (TPSA) is 71.7 Å². The summed E-state index contributed by atoms with van der Waals surface area (Å²) < 4.78 is 6.55. The SMILES string of the molecule is Nc1ncc(CN2CC[C@@]34O[C@@H](c5ccccc5)CN3C(=O)C[C@@H]24)s1. The summed E-state index contributed by atoms with van der Waals surface area (Å²) in [6.45, 7) is 2.36. The van der Waals surface area contributed by atoms with Gasteiger partial charge in [-0.1, -0.05) is 30.3 Å². The van der Waals surface area contributed by atoms with E-state index in [-0.39, 0.29) is 18.1 Å². The van der Waals surface area contributed by atoms with Gasteiger partial charge < -0.3 is 15.4 Å². The van der Waals surface area contributed by atoms with Crippen LogP contribution in [-0.2, 0) is 16.1 Å². The Hall–Kier alpha value is -1.96. The lowest BCUT2D eigenvalue weighted by Gasteiger charge is -2.32. The molecular weight excluding hydrogens is 336 g/mol. The monoisotopic (exact) mass is 356 g/mol. The van der Waals surface area contributed by atoms with E-state index >= 15 is 0 Å². The van der Waals surface area contributed by atoms with Crippen molar-refractivity contribution in [2.75, 3.05) is 18.8 Å². The molecule has 4 heterocycles. The number of benzene rings is 1. The smallest absolute Gasteiger partial charge is 0.226 e. The Bertz CT molecular complexity index is 810.